The molecule has 19 heavy (non-hydrogen) atoms. The van der Waals surface area contributed by atoms with Crippen LogP contribution in [-0.2, 0) is 0 Å². The zero-order valence-electron chi connectivity index (χ0n) is 10.8. The normalized spacial score (nSPS) is 20.2. The SMILES string of the molecule is Fc1ccc(-c2cncn2C2CCCCNC2)cc1. The van der Waals surface area contributed by atoms with Crippen molar-refractivity contribution >= 4 is 0 Å². The van der Waals surface area contributed by atoms with E-state index in [4.69, 9.17) is 0 Å². The molecular formula is C15H18FN3. The third-order valence-electron chi connectivity index (χ3n) is 3.72. The molecule has 3 rings (SSSR count). The van der Waals surface area contributed by atoms with E-state index in [0.29, 0.717) is 6.04 Å². The van der Waals surface area contributed by atoms with E-state index < -0.39 is 0 Å². The van der Waals surface area contributed by atoms with Crippen LogP contribution in [-0.4, -0.2) is 22.6 Å². The summed E-state index contributed by atoms with van der Waals surface area (Å²) in [6.45, 7) is 2.07. The molecule has 0 radical (unpaired) electrons. The van der Waals surface area contributed by atoms with E-state index in [1.165, 1.54) is 25.0 Å². The highest BCUT2D eigenvalue weighted by molar-refractivity contribution is 5.58. The molecule has 1 fully saturated rings. The van der Waals surface area contributed by atoms with Crippen molar-refractivity contribution in [2.24, 2.45) is 0 Å². The molecule has 0 amide bonds. The van der Waals surface area contributed by atoms with E-state index in [9.17, 15) is 4.39 Å². The molecule has 1 unspecified atom stereocenters. The van der Waals surface area contributed by atoms with Crippen molar-refractivity contribution in [1.29, 1.82) is 0 Å². The van der Waals surface area contributed by atoms with Crippen molar-refractivity contribution in [3.8, 4) is 11.3 Å². The van der Waals surface area contributed by atoms with Gasteiger partial charge in [0.1, 0.15) is 5.82 Å². The molecule has 0 bridgehead atoms. The number of hydrogen-bond donors (Lipinski definition) is 1. The van der Waals surface area contributed by atoms with E-state index >= 15 is 0 Å². The molecule has 1 aromatic heterocycles. The van der Waals surface area contributed by atoms with Crippen LogP contribution in [0.4, 0.5) is 4.39 Å². The Bertz CT molecular complexity index is 525. The summed E-state index contributed by atoms with van der Waals surface area (Å²) < 4.78 is 15.2. The first-order chi connectivity index (χ1) is 9.34. The van der Waals surface area contributed by atoms with Crippen LogP contribution < -0.4 is 5.32 Å². The molecule has 100 valence electrons. The summed E-state index contributed by atoms with van der Waals surface area (Å²) in [7, 11) is 0. The maximum atomic E-state index is 13.0. The summed E-state index contributed by atoms with van der Waals surface area (Å²) in [6.07, 6.45) is 7.38. The molecule has 2 aromatic rings. The molecule has 1 N–H and O–H groups in total. The maximum Gasteiger partial charge on any atom is 0.123 e. The van der Waals surface area contributed by atoms with Crippen LogP contribution in [0.2, 0.25) is 0 Å². The van der Waals surface area contributed by atoms with Gasteiger partial charge in [-0.1, -0.05) is 6.42 Å². The quantitative estimate of drug-likeness (QED) is 0.898. The van der Waals surface area contributed by atoms with Gasteiger partial charge in [0.2, 0.25) is 0 Å². The third-order valence-corrected chi connectivity index (χ3v) is 3.72. The molecule has 1 atom stereocenters. The highest BCUT2D eigenvalue weighted by atomic mass is 19.1. The van der Waals surface area contributed by atoms with Gasteiger partial charge in [0, 0.05) is 12.6 Å². The molecule has 0 saturated carbocycles. The van der Waals surface area contributed by atoms with Crippen LogP contribution in [0.25, 0.3) is 11.3 Å². The molecule has 0 spiro atoms. The smallest absolute Gasteiger partial charge is 0.123 e. The monoisotopic (exact) mass is 259 g/mol. The number of imidazole rings is 1. The second-order valence-electron chi connectivity index (χ2n) is 5.05. The van der Waals surface area contributed by atoms with Gasteiger partial charge in [0.05, 0.1) is 18.2 Å². The lowest BCUT2D eigenvalue weighted by Gasteiger charge is -2.19. The first-order valence-corrected chi connectivity index (χ1v) is 6.83. The minimum absolute atomic E-state index is 0.203. The van der Waals surface area contributed by atoms with Crippen LogP contribution in [0.3, 0.4) is 0 Å². The minimum Gasteiger partial charge on any atom is -0.326 e. The summed E-state index contributed by atoms with van der Waals surface area (Å²) in [5.41, 5.74) is 2.08. The predicted molar refractivity (Wildman–Crippen MR) is 73.4 cm³/mol. The summed E-state index contributed by atoms with van der Waals surface area (Å²) in [5.74, 6) is -0.203. The van der Waals surface area contributed by atoms with Gasteiger partial charge >= 0.3 is 0 Å². The number of nitrogens with zero attached hydrogens (tertiary/aromatic N) is 2. The van der Waals surface area contributed by atoms with Gasteiger partial charge in [0.15, 0.2) is 0 Å². The number of nitrogens with one attached hydrogen (secondary N) is 1. The Morgan fingerprint density at radius 2 is 2.05 bits per heavy atom. The third kappa shape index (κ3) is 2.68. The van der Waals surface area contributed by atoms with Gasteiger partial charge in [0.25, 0.3) is 0 Å². The average molecular weight is 259 g/mol. The van der Waals surface area contributed by atoms with E-state index in [1.807, 2.05) is 24.7 Å². The van der Waals surface area contributed by atoms with Gasteiger partial charge in [-0.05, 0) is 49.2 Å². The Hall–Kier alpha value is -1.68. The highest BCUT2D eigenvalue weighted by Crippen LogP contribution is 2.26. The topological polar surface area (TPSA) is 29.9 Å². The molecule has 1 aliphatic rings. The van der Waals surface area contributed by atoms with E-state index in [1.54, 1.807) is 0 Å². The molecule has 1 saturated heterocycles. The zero-order valence-corrected chi connectivity index (χ0v) is 10.8. The first kappa shape index (κ1) is 12.4. The van der Waals surface area contributed by atoms with Gasteiger partial charge in [-0.2, -0.15) is 0 Å². The zero-order chi connectivity index (χ0) is 13.1. The van der Waals surface area contributed by atoms with Crippen LogP contribution in [0.15, 0.2) is 36.8 Å². The van der Waals surface area contributed by atoms with Crippen molar-refractivity contribution in [2.75, 3.05) is 13.1 Å². The predicted octanol–water partition coefficient (Wildman–Crippen LogP) is 3.00. The molecule has 0 aliphatic carbocycles. The number of hydrogen-bond acceptors (Lipinski definition) is 2. The summed E-state index contributed by atoms with van der Waals surface area (Å²) >= 11 is 0. The van der Waals surface area contributed by atoms with Crippen LogP contribution in [0, 0.1) is 5.82 Å². The average Bonchev–Trinajstić information content (AvgIpc) is 2.75. The molecule has 1 aliphatic heterocycles. The Kier molecular flexibility index (Phi) is 3.60. The summed E-state index contributed by atoms with van der Waals surface area (Å²) in [5, 5.41) is 3.46. The second kappa shape index (κ2) is 5.53. The van der Waals surface area contributed by atoms with Crippen molar-refractivity contribution in [2.45, 2.75) is 25.3 Å². The van der Waals surface area contributed by atoms with Crippen molar-refractivity contribution < 1.29 is 4.39 Å². The number of rotatable bonds is 2. The fourth-order valence-corrected chi connectivity index (χ4v) is 2.68. The lowest BCUT2D eigenvalue weighted by Crippen LogP contribution is -2.23. The number of halogens is 1. The maximum absolute atomic E-state index is 13.0. The Labute approximate surface area is 112 Å². The first-order valence-electron chi connectivity index (χ1n) is 6.83. The van der Waals surface area contributed by atoms with E-state index in [2.05, 4.69) is 14.9 Å². The van der Waals surface area contributed by atoms with Gasteiger partial charge in [-0.3, -0.25) is 0 Å². The molecule has 2 heterocycles. The Balaban J connectivity index is 1.90. The summed E-state index contributed by atoms with van der Waals surface area (Å²) in [4.78, 5) is 4.27. The Morgan fingerprint density at radius 1 is 1.21 bits per heavy atom. The van der Waals surface area contributed by atoms with Crippen molar-refractivity contribution in [3.63, 3.8) is 0 Å². The van der Waals surface area contributed by atoms with E-state index in [0.717, 1.165) is 30.8 Å². The molecule has 3 nitrogen and oxygen atoms in total. The summed E-state index contributed by atoms with van der Waals surface area (Å²) in [6, 6.07) is 7.06. The minimum atomic E-state index is -0.203. The van der Waals surface area contributed by atoms with Crippen LogP contribution in [0.1, 0.15) is 25.3 Å². The van der Waals surface area contributed by atoms with Crippen molar-refractivity contribution in [1.82, 2.24) is 14.9 Å². The number of aromatic nitrogens is 2. The fraction of sp³-hybridized carbons (Fsp3) is 0.400. The van der Waals surface area contributed by atoms with Gasteiger partial charge in [-0.15, -0.1) is 0 Å². The van der Waals surface area contributed by atoms with E-state index in [-0.39, 0.29) is 5.82 Å². The van der Waals surface area contributed by atoms with Crippen molar-refractivity contribution in [3.05, 3.63) is 42.6 Å². The lowest BCUT2D eigenvalue weighted by atomic mass is 10.1. The van der Waals surface area contributed by atoms with Crippen LogP contribution >= 0.6 is 0 Å². The second-order valence-corrected chi connectivity index (χ2v) is 5.05. The molecular weight excluding hydrogens is 241 g/mol. The van der Waals surface area contributed by atoms with Gasteiger partial charge in [-0.25, -0.2) is 9.37 Å². The lowest BCUT2D eigenvalue weighted by molar-refractivity contribution is 0.464. The fourth-order valence-electron chi connectivity index (χ4n) is 2.68. The highest BCUT2D eigenvalue weighted by Gasteiger charge is 2.16. The molecule has 4 heteroatoms. The largest absolute Gasteiger partial charge is 0.326 e. The van der Waals surface area contributed by atoms with Crippen LogP contribution in [0.5, 0.6) is 0 Å². The number of benzene rings is 1. The Morgan fingerprint density at radius 3 is 2.89 bits per heavy atom. The van der Waals surface area contributed by atoms with Gasteiger partial charge < -0.3 is 9.88 Å². The standard InChI is InChI=1S/C15H18FN3/c16-13-6-4-12(5-7-13)15-10-18-11-19(15)14-3-1-2-8-17-9-14/h4-7,10-11,14,17H,1-3,8-9H2. The molecule has 1 aromatic carbocycles.